The minimum atomic E-state index is 0.533. The lowest BCUT2D eigenvalue weighted by Gasteiger charge is -2.20. The largest absolute Gasteiger partial charge is 0.143 e. The minimum absolute atomic E-state index is 0.533. The van der Waals surface area contributed by atoms with Gasteiger partial charge < -0.3 is 0 Å². The van der Waals surface area contributed by atoms with Gasteiger partial charge in [-0.1, -0.05) is 36.4 Å². The first-order valence-electron chi connectivity index (χ1n) is 6.28. The zero-order valence-corrected chi connectivity index (χ0v) is 12.6. The van der Waals surface area contributed by atoms with Gasteiger partial charge >= 0.3 is 0 Å². The van der Waals surface area contributed by atoms with Crippen LogP contribution in [0.15, 0.2) is 59.3 Å². The van der Waals surface area contributed by atoms with Crippen molar-refractivity contribution >= 4 is 43.3 Å². The van der Waals surface area contributed by atoms with E-state index in [4.69, 9.17) is 0 Å². The highest BCUT2D eigenvalue weighted by Crippen LogP contribution is 2.36. The smallest absolute Gasteiger partial charge is 0.0407 e. The van der Waals surface area contributed by atoms with Crippen LogP contribution in [0.1, 0.15) is 9.75 Å². The molecule has 0 spiro atoms. The van der Waals surface area contributed by atoms with Crippen molar-refractivity contribution in [2.75, 3.05) is 0 Å². The first kappa shape index (κ1) is 11.6. The zero-order chi connectivity index (χ0) is 12.7. The Kier molecular flexibility index (Phi) is 2.91. The third-order valence-corrected chi connectivity index (χ3v) is 6.98. The fraction of sp³-hybridized carbons (Fsp3) is 0.125. The van der Waals surface area contributed by atoms with Crippen LogP contribution < -0.4 is 0 Å². The number of rotatable bonds is 2. The molecule has 2 unspecified atom stereocenters. The maximum absolute atomic E-state index is 2.35. The Morgan fingerprint density at radius 3 is 1.68 bits per heavy atom. The summed E-state index contributed by atoms with van der Waals surface area (Å²) in [4.78, 5) is 5.88. The van der Waals surface area contributed by atoms with Gasteiger partial charge in [-0.15, -0.1) is 33.6 Å². The fourth-order valence-electron chi connectivity index (χ4n) is 2.63. The Morgan fingerprint density at radius 1 is 0.737 bits per heavy atom. The molecule has 4 rings (SSSR count). The molecule has 0 radical (unpaired) electrons. The third kappa shape index (κ3) is 1.93. The van der Waals surface area contributed by atoms with E-state index in [1.807, 2.05) is 33.6 Å². The summed E-state index contributed by atoms with van der Waals surface area (Å²) in [5, 5.41) is 4.34. The van der Waals surface area contributed by atoms with Crippen molar-refractivity contribution in [1.82, 2.24) is 0 Å². The van der Waals surface area contributed by atoms with Gasteiger partial charge in [0.1, 0.15) is 0 Å². The third-order valence-electron chi connectivity index (χ3n) is 3.49. The lowest BCUT2D eigenvalue weighted by molar-refractivity contribution is 0.766. The van der Waals surface area contributed by atoms with Crippen LogP contribution in [0.3, 0.4) is 0 Å². The molecular weight excluding hydrogens is 288 g/mol. The first-order valence-corrected chi connectivity index (χ1v) is 8.85. The second-order valence-electron chi connectivity index (χ2n) is 4.61. The standard InChI is InChI=1S/C16H12S3/c1-2-6-12-11(5-1)15(13-7-3-9-17-13)19-16(12)14-8-4-10-18-14/h1-12H. The Bertz CT molecular complexity index is 648. The summed E-state index contributed by atoms with van der Waals surface area (Å²) in [6, 6.07) is 8.78. The van der Waals surface area contributed by atoms with Crippen molar-refractivity contribution in [3.8, 4) is 0 Å². The van der Waals surface area contributed by atoms with E-state index < -0.39 is 0 Å². The van der Waals surface area contributed by atoms with Crippen LogP contribution in [-0.2, 0) is 0 Å². The molecule has 0 fully saturated rings. The molecule has 2 atom stereocenters. The van der Waals surface area contributed by atoms with E-state index in [1.54, 1.807) is 0 Å². The van der Waals surface area contributed by atoms with E-state index in [9.17, 15) is 0 Å². The maximum Gasteiger partial charge on any atom is 0.0407 e. The average Bonchev–Trinajstić information content (AvgIpc) is 3.18. The molecule has 0 amide bonds. The maximum atomic E-state index is 2.35. The molecule has 1 aliphatic carbocycles. The Hall–Kier alpha value is -1.16. The highest BCUT2D eigenvalue weighted by atomic mass is 32.1. The minimum Gasteiger partial charge on any atom is -0.143 e. The summed E-state index contributed by atoms with van der Waals surface area (Å²) < 4.78 is 0. The highest BCUT2D eigenvalue weighted by Gasteiger charge is 2.32. The molecule has 2 aliphatic rings. The van der Waals surface area contributed by atoms with Gasteiger partial charge in [0.15, 0.2) is 0 Å². The summed E-state index contributed by atoms with van der Waals surface area (Å²) >= 11 is 3.70. The van der Waals surface area contributed by atoms with Crippen molar-refractivity contribution in [2.45, 2.75) is 0 Å². The molecule has 1 aliphatic heterocycles. The van der Waals surface area contributed by atoms with E-state index in [0.29, 0.717) is 11.8 Å². The Morgan fingerprint density at radius 2 is 1.26 bits per heavy atom. The molecular formula is C16H12S3. The summed E-state index contributed by atoms with van der Waals surface area (Å²) in [6.45, 7) is 0. The number of hydrogen-bond donors (Lipinski definition) is 0. The normalized spacial score (nSPS) is 24.6. The molecule has 0 aromatic carbocycles. The van der Waals surface area contributed by atoms with Crippen molar-refractivity contribution < 1.29 is 0 Å². The van der Waals surface area contributed by atoms with Crippen molar-refractivity contribution in [3.05, 3.63) is 69.1 Å². The second kappa shape index (κ2) is 4.75. The summed E-state index contributed by atoms with van der Waals surface area (Å²) in [6.07, 6.45) is 9.08. The number of hydrogen-bond acceptors (Lipinski definition) is 2. The van der Waals surface area contributed by atoms with Gasteiger partial charge in [-0.3, -0.25) is 0 Å². The highest BCUT2D eigenvalue weighted by molar-refractivity contribution is 7.99. The predicted molar refractivity (Wildman–Crippen MR) is 89.7 cm³/mol. The van der Waals surface area contributed by atoms with Gasteiger partial charge in [-0.05, 0) is 22.9 Å². The van der Waals surface area contributed by atoms with Gasteiger partial charge in [0.05, 0.1) is 0 Å². The summed E-state index contributed by atoms with van der Waals surface area (Å²) in [7, 11) is 1.98. The quantitative estimate of drug-likeness (QED) is 0.708. The molecule has 94 valence electrons. The number of allylic oxidation sites excluding steroid dienone is 4. The Balaban J connectivity index is 1.89. The molecule has 0 nitrogen and oxygen atoms in total. The molecule has 3 heteroatoms. The predicted octanol–water partition coefficient (Wildman–Crippen LogP) is 4.66. The van der Waals surface area contributed by atoms with Crippen molar-refractivity contribution in [1.29, 1.82) is 0 Å². The lowest BCUT2D eigenvalue weighted by Crippen LogP contribution is -2.22. The second-order valence-corrected chi connectivity index (χ2v) is 7.59. The average molecular weight is 300 g/mol. The topological polar surface area (TPSA) is 0 Å². The summed E-state index contributed by atoms with van der Waals surface area (Å²) in [5.74, 6) is 1.07. The number of fused-ring (bicyclic) bond motifs is 1. The monoisotopic (exact) mass is 300 g/mol. The van der Waals surface area contributed by atoms with Crippen LogP contribution in [0, 0.1) is 11.8 Å². The molecule has 2 aromatic heterocycles. The SMILES string of the molecule is C1=CC2C(c3cccs3)=S=C(c3cccs3)C2C=C1. The molecule has 0 saturated heterocycles. The van der Waals surface area contributed by atoms with Crippen LogP contribution in [0.5, 0.6) is 0 Å². The van der Waals surface area contributed by atoms with Gasteiger partial charge in [-0.25, -0.2) is 0 Å². The first-order chi connectivity index (χ1) is 9.43. The van der Waals surface area contributed by atoms with E-state index in [1.165, 1.54) is 19.5 Å². The van der Waals surface area contributed by atoms with Gasteiger partial charge in [0.25, 0.3) is 0 Å². The molecule has 19 heavy (non-hydrogen) atoms. The zero-order valence-electron chi connectivity index (χ0n) is 10.2. The molecule has 2 aromatic rings. The van der Waals surface area contributed by atoms with Crippen LogP contribution in [0.25, 0.3) is 0 Å². The van der Waals surface area contributed by atoms with Crippen molar-refractivity contribution in [2.24, 2.45) is 11.8 Å². The van der Waals surface area contributed by atoms with E-state index in [2.05, 4.69) is 59.3 Å². The van der Waals surface area contributed by atoms with Crippen LogP contribution >= 0.6 is 33.6 Å². The van der Waals surface area contributed by atoms with E-state index in [0.717, 1.165) is 0 Å². The molecule has 0 bridgehead atoms. The van der Waals surface area contributed by atoms with Crippen LogP contribution in [0.4, 0.5) is 0 Å². The van der Waals surface area contributed by atoms with Crippen molar-refractivity contribution in [3.63, 3.8) is 0 Å². The van der Waals surface area contributed by atoms with E-state index in [-0.39, 0.29) is 0 Å². The molecule has 3 heterocycles. The molecule has 0 N–H and O–H groups in total. The lowest BCUT2D eigenvalue weighted by atomic mass is 9.83. The molecule has 0 saturated carbocycles. The Labute approximate surface area is 124 Å². The summed E-state index contributed by atoms with van der Waals surface area (Å²) in [5.41, 5.74) is 0. The van der Waals surface area contributed by atoms with Gasteiger partial charge in [-0.2, -0.15) is 0 Å². The van der Waals surface area contributed by atoms with Crippen LogP contribution in [0.2, 0.25) is 0 Å². The number of thiophene rings is 2. The van der Waals surface area contributed by atoms with E-state index >= 15 is 0 Å². The fourth-order valence-corrected chi connectivity index (χ4v) is 5.89. The van der Waals surface area contributed by atoms with Gasteiger partial charge in [0, 0.05) is 31.3 Å². The van der Waals surface area contributed by atoms with Crippen LogP contribution in [-0.4, -0.2) is 9.73 Å². The van der Waals surface area contributed by atoms with Gasteiger partial charge in [0.2, 0.25) is 0 Å².